The monoisotopic (exact) mass is 215 g/mol. The second-order valence-electron chi connectivity index (χ2n) is 2.72. The van der Waals surface area contributed by atoms with E-state index in [-0.39, 0.29) is 5.57 Å². The predicted molar refractivity (Wildman–Crippen MR) is 42.7 cm³/mol. The minimum atomic E-state index is -5.50. The van der Waals surface area contributed by atoms with Crippen molar-refractivity contribution in [3.8, 4) is 0 Å². The third-order valence-electron chi connectivity index (χ3n) is 1.51. The van der Waals surface area contributed by atoms with E-state index >= 15 is 0 Å². The molecular formula is C8H10F5N. The molecule has 0 aromatic rings. The lowest BCUT2D eigenvalue weighted by Crippen LogP contribution is -2.36. The first kappa shape index (κ1) is 12.9. The van der Waals surface area contributed by atoms with Crippen LogP contribution in [0.5, 0.6) is 0 Å². The van der Waals surface area contributed by atoms with Gasteiger partial charge in [0.05, 0.1) is 0 Å². The largest absolute Gasteiger partial charge is 0.453 e. The van der Waals surface area contributed by atoms with Crippen LogP contribution in [0.3, 0.4) is 0 Å². The third-order valence-corrected chi connectivity index (χ3v) is 1.51. The van der Waals surface area contributed by atoms with Crippen LogP contribution in [-0.4, -0.2) is 12.1 Å². The Kier molecular flexibility index (Phi) is 4.09. The Morgan fingerprint density at radius 1 is 1.21 bits per heavy atom. The van der Waals surface area contributed by atoms with Crippen molar-refractivity contribution in [1.82, 2.24) is 0 Å². The van der Waals surface area contributed by atoms with Crippen molar-refractivity contribution in [1.29, 1.82) is 0 Å². The van der Waals surface area contributed by atoms with Crippen LogP contribution in [0.15, 0.2) is 24.4 Å². The normalized spacial score (nSPS) is 13.5. The van der Waals surface area contributed by atoms with Crippen LogP contribution in [0.1, 0.15) is 12.8 Å². The average molecular weight is 215 g/mol. The van der Waals surface area contributed by atoms with Crippen LogP contribution in [0.25, 0.3) is 0 Å². The van der Waals surface area contributed by atoms with Crippen molar-refractivity contribution in [2.45, 2.75) is 24.9 Å². The van der Waals surface area contributed by atoms with Gasteiger partial charge in [0, 0.05) is 6.42 Å². The Hall–Kier alpha value is -1.07. The van der Waals surface area contributed by atoms with Gasteiger partial charge in [-0.3, -0.25) is 0 Å². The van der Waals surface area contributed by atoms with E-state index < -0.39 is 24.9 Å². The maximum absolute atomic E-state index is 12.3. The van der Waals surface area contributed by atoms with E-state index in [1.54, 1.807) is 0 Å². The summed E-state index contributed by atoms with van der Waals surface area (Å²) in [6.07, 6.45) is -5.03. The van der Waals surface area contributed by atoms with Crippen molar-refractivity contribution in [3.63, 3.8) is 0 Å². The summed E-state index contributed by atoms with van der Waals surface area (Å²) in [6, 6.07) is 0. The number of hydrogen-bond donors (Lipinski definition) is 1. The fraction of sp³-hybridized carbons (Fsp3) is 0.500. The van der Waals surface area contributed by atoms with Gasteiger partial charge in [-0.15, -0.1) is 0 Å². The highest BCUT2D eigenvalue weighted by Gasteiger charge is 2.56. The molecule has 0 aliphatic heterocycles. The van der Waals surface area contributed by atoms with Gasteiger partial charge >= 0.3 is 12.1 Å². The van der Waals surface area contributed by atoms with E-state index in [0.717, 1.165) is 6.20 Å². The first-order valence-corrected chi connectivity index (χ1v) is 3.71. The summed E-state index contributed by atoms with van der Waals surface area (Å²) < 4.78 is 59.6. The summed E-state index contributed by atoms with van der Waals surface area (Å²) in [6.45, 7) is 3.26. The number of allylic oxidation sites excluding steroid dienone is 2. The Morgan fingerprint density at radius 2 is 1.71 bits per heavy atom. The molecule has 0 amide bonds. The molecule has 82 valence electrons. The predicted octanol–water partition coefficient (Wildman–Crippen LogP) is 2.99. The van der Waals surface area contributed by atoms with Crippen molar-refractivity contribution in [2.24, 2.45) is 5.73 Å². The highest BCUT2D eigenvalue weighted by Crippen LogP contribution is 2.39. The highest BCUT2D eigenvalue weighted by atomic mass is 19.4. The summed E-state index contributed by atoms with van der Waals surface area (Å²) in [7, 11) is 0. The van der Waals surface area contributed by atoms with Crippen molar-refractivity contribution < 1.29 is 22.0 Å². The van der Waals surface area contributed by atoms with Crippen LogP contribution < -0.4 is 5.73 Å². The number of nitrogens with two attached hydrogens (primary N) is 1. The first-order chi connectivity index (χ1) is 6.20. The van der Waals surface area contributed by atoms with Gasteiger partial charge in [0.2, 0.25) is 0 Å². The molecule has 0 aromatic heterocycles. The highest BCUT2D eigenvalue weighted by molar-refractivity contribution is 5.13. The topological polar surface area (TPSA) is 26.0 Å². The molecule has 0 radical (unpaired) electrons. The molecule has 0 aliphatic carbocycles. The smallest absolute Gasteiger partial charge is 0.405 e. The molecule has 0 rings (SSSR count). The maximum atomic E-state index is 12.3. The molecule has 0 bridgehead atoms. The lowest BCUT2D eigenvalue weighted by atomic mass is 10.1. The molecule has 0 unspecified atom stereocenters. The quantitative estimate of drug-likeness (QED) is 0.566. The van der Waals surface area contributed by atoms with Gasteiger partial charge < -0.3 is 5.73 Å². The fourth-order valence-electron chi connectivity index (χ4n) is 0.679. The summed E-state index contributed by atoms with van der Waals surface area (Å²) in [5.74, 6) is -4.67. The van der Waals surface area contributed by atoms with E-state index in [4.69, 9.17) is 5.73 Å². The zero-order valence-electron chi connectivity index (χ0n) is 7.24. The minimum Gasteiger partial charge on any atom is -0.405 e. The molecule has 0 atom stereocenters. The van der Waals surface area contributed by atoms with Crippen LogP contribution in [-0.2, 0) is 0 Å². The third kappa shape index (κ3) is 3.76. The molecule has 6 heteroatoms. The Balaban J connectivity index is 4.19. The zero-order chi connectivity index (χ0) is 11.4. The van der Waals surface area contributed by atoms with Crippen LogP contribution in [0.2, 0.25) is 0 Å². The van der Waals surface area contributed by atoms with Gasteiger partial charge in [0.25, 0.3) is 0 Å². The molecule has 0 fully saturated rings. The summed E-state index contributed by atoms with van der Waals surface area (Å²) in [4.78, 5) is 0. The van der Waals surface area contributed by atoms with E-state index in [1.165, 1.54) is 6.08 Å². The Labute approximate surface area is 78.1 Å². The molecule has 1 nitrogen and oxygen atoms in total. The first-order valence-electron chi connectivity index (χ1n) is 3.71. The van der Waals surface area contributed by atoms with Crippen molar-refractivity contribution in [3.05, 3.63) is 24.4 Å². The van der Waals surface area contributed by atoms with Crippen LogP contribution in [0.4, 0.5) is 22.0 Å². The molecule has 0 aliphatic rings. The SMILES string of the molecule is C=C(/C=C/N)CCC(F)(F)C(F)(F)F. The fourth-order valence-corrected chi connectivity index (χ4v) is 0.679. The van der Waals surface area contributed by atoms with E-state index in [9.17, 15) is 22.0 Å². The molecule has 0 aromatic carbocycles. The zero-order valence-corrected chi connectivity index (χ0v) is 7.24. The molecule has 0 saturated carbocycles. The number of halogens is 5. The standard InChI is InChI=1S/C8H10F5N/c1-6(3-5-14)2-4-7(9,10)8(11,12)13/h3,5H,1-2,4,14H2/b5-3+. The molecular weight excluding hydrogens is 205 g/mol. The second-order valence-corrected chi connectivity index (χ2v) is 2.72. The van der Waals surface area contributed by atoms with Crippen molar-refractivity contribution >= 4 is 0 Å². The van der Waals surface area contributed by atoms with Gasteiger partial charge in [-0.25, -0.2) is 0 Å². The number of alkyl halides is 5. The van der Waals surface area contributed by atoms with E-state index in [2.05, 4.69) is 6.58 Å². The van der Waals surface area contributed by atoms with E-state index in [1.807, 2.05) is 0 Å². The second kappa shape index (κ2) is 4.43. The van der Waals surface area contributed by atoms with Crippen LogP contribution in [0, 0.1) is 0 Å². The Morgan fingerprint density at radius 3 is 2.07 bits per heavy atom. The van der Waals surface area contributed by atoms with Crippen LogP contribution >= 0.6 is 0 Å². The van der Waals surface area contributed by atoms with Gasteiger partial charge in [0.1, 0.15) is 0 Å². The minimum absolute atomic E-state index is 0.136. The number of rotatable bonds is 4. The Bertz CT molecular complexity index is 228. The summed E-state index contributed by atoms with van der Waals surface area (Å²) >= 11 is 0. The lowest BCUT2D eigenvalue weighted by Gasteiger charge is -2.19. The number of hydrogen-bond acceptors (Lipinski definition) is 1. The molecule has 0 heterocycles. The van der Waals surface area contributed by atoms with Gasteiger partial charge in [-0.05, 0) is 18.7 Å². The van der Waals surface area contributed by atoms with Crippen molar-refractivity contribution in [2.75, 3.05) is 0 Å². The molecule has 0 saturated heterocycles. The molecule has 2 N–H and O–H groups in total. The lowest BCUT2D eigenvalue weighted by molar-refractivity contribution is -0.284. The molecule has 0 spiro atoms. The molecule has 14 heavy (non-hydrogen) atoms. The van der Waals surface area contributed by atoms with E-state index in [0.29, 0.717) is 0 Å². The average Bonchev–Trinajstić information content (AvgIpc) is 1.99. The summed E-state index contributed by atoms with van der Waals surface area (Å²) in [5.41, 5.74) is 5.04. The van der Waals surface area contributed by atoms with Gasteiger partial charge in [-0.1, -0.05) is 12.2 Å². The summed E-state index contributed by atoms with van der Waals surface area (Å²) in [5, 5.41) is 0. The van der Waals surface area contributed by atoms with Gasteiger partial charge in [0.15, 0.2) is 0 Å². The maximum Gasteiger partial charge on any atom is 0.453 e. The van der Waals surface area contributed by atoms with Gasteiger partial charge in [-0.2, -0.15) is 22.0 Å².